The van der Waals surface area contributed by atoms with Crippen LogP contribution < -0.4 is 52.1 Å². The monoisotopic (exact) mass is 1320 g/mol. The Morgan fingerprint density at radius 2 is 0.670 bits per heavy atom. The molecule has 103 heavy (non-hydrogen) atoms. The van der Waals surface area contributed by atoms with E-state index in [0.717, 1.165) is 107 Å². The van der Waals surface area contributed by atoms with Crippen LogP contribution in [0.15, 0.2) is 297 Å². The van der Waals surface area contributed by atoms with Crippen LogP contribution in [0.2, 0.25) is 0 Å². The van der Waals surface area contributed by atoms with Gasteiger partial charge in [0.15, 0.2) is 0 Å². The van der Waals surface area contributed by atoms with E-state index in [1.54, 1.807) is 0 Å². The van der Waals surface area contributed by atoms with Gasteiger partial charge < -0.3 is 19.3 Å². The van der Waals surface area contributed by atoms with Crippen molar-refractivity contribution in [1.29, 1.82) is 0 Å². The van der Waals surface area contributed by atoms with Gasteiger partial charge in [0.1, 0.15) is 23.0 Å². The average molecular weight is 1320 g/mol. The summed E-state index contributed by atoms with van der Waals surface area (Å²) < 4.78 is 15.7. The number of anilines is 6. The molecule has 1 spiro atoms. The summed E-state index contributed by atoms with van der Waals surface area (Å²) in [6, 6.07) is 112. The Kier molecular flexibility index (Phi) is 13.2. The van der Waals surface area contributed by atoms with Crippen molar-refractivity contribution < 1.29 is 9.47 Å². The van der Waals surface area contributed by atoms with E-state index in [4.69, 9.17) is 9.47 Å². The zero-order valence-corrected chi connectivity index (χ0v) is 59.7. The highest BCUT2D eigenvalue weighted by Gasteiger charge is 2.54. The van der Waals surface area contributed by atoms with Crippen molar-refractivity contribution in [1.82, 2.24) is 0 Å². The molecule has 0 fully saturated rings. The fourth-order valence-corrected chi connectivity index (χ4v) is 18.3. The van der Waals surface area contributed by atoms with Crippen LogP contribution >= 0.6 is 0 Å². The molecule has 14 aromatic rings. The van der Waals surface area contributed by atoms with Gasteiger partial charge in [-0.1, -0.05) is 293 Å². The molecule has 4 heterocycles. The molecule has 0 saturated heterocycles. The first kappa shape index (κ1) is 61.3. The van der Waals surface area contributed by atoms with E-state index in [2.05, 4.69) is 369 Å². The van der Waals surface area contributed by atoms with Crippen LogP contribution in [0.5, 0.6) is 23.0 Å². The van der Waals surface area contributed by atoms with Gasteiger partial charge in [-0.25, -0.2) is 0 Å². The molecule has 0 aromatic heterocycles. The number of hydrogen-bond acceptors (Lipinski definition) is 4. The van der Waals surface area contributed by atoms with E-state index < -0.39 is 5.41 Å². The van der Waals surface area contributed by atoms with Crippen molar-refractivity contribution >= 4 is 80.3 Å². The summed E-state index contributed by atoms with van der Waals surface area (Å²) in [4.78, 5) is 5.11. The largest absolute Gasteiger partial charge is 0.458 e. The van der Waals surface area contributed by atoms with Gasteiger partial charge in [0, 0.05) is 45.6 Å². The smallest absolute Gasteiger partial charge is 0.256 e. The fourth-order valence-electron chi connectivity index (χ4n) is 18.3. The lowest BCUT2D eigenvalue weighted by molar-refractivity contribution is 0.466. The Morgan fingerprint density at radius 3 is 1.19 bits per heavy atom. The number of rotatable bonds is 6. The quantitative estimate of drug-likeness (QED) is 0.155. The molecule has 0 bridgehead atoms. The lowest BCUT2D eigenvalue weighted by atomic mass is 9.31. The van der Waals surface area contributed by atoms with Gasteiger partial charge in [0.05, 0.1) is 11.1 Å². The zero-order chi connectivity index (χ0) is 69.6. The van der Waals surface area contributed by atoms with Crippen molar-refractivity contribution in [3.05, 3.63) is 336 Å². The molecule has 0 N–H and O–H groups in total. The first-order valence-corrected chi connectivity index (χ1v) is 36.6. The van der Waals surface area contributed by atoms with Crippen LogP contribution in [0.25, 0.3) is 66.8 Å². The summed E-state index contributed by atoms with van der Waals surface area (Å²) in [5, 5.41) is 0. The summed E-state index contributed by atoms with van der Waals surface area (Å²) in [7, 11) is 0. The van der Waals surface area contributed by atoms with E-state index in [-0.39, 0.29) is 29.7 Å². The lowest BCUT2D eigenvalue weighted by Crippen LogP contribution is -2.63. The molecule has 0 radical (unpaired) electrons. The van der Waals surface area contributed by atoms with Crippen molar-refractivity contribution in [2.75, 3.05) is 9.80 Å². The average Bonchev–Trinajstić information content (AvgIpc) is 1.56. The maximum Gasteiger partial charge on any atom is 0.256 e. The summed E-state index contributed by atoms with van der Waals surface area (Å²) >= 11 is 0. The maximum atomic E-state index is 7.85. The molecule has 20 rings (SSSR count). The topological polar surface area (TPSA) is 24.9 Å². The Labute approximate surface area is 605 Å². The first-order valence-electron chi connectivity index (χ1n) is 36.6. The van der Waals surface area contributed by atoms with Gasteiger partial charge in [-0.05, 0) is 204 Å². The number of para-hydroxylation sites is 3. The zero-order valence-electron chi connectivity index (χ0n) is 59.7. The molecule has 4 nitrogen and oxygen atoms in total. The number of fused-ring (bicyclic) bond motifs is 18. The van der Waals surface area contributed by atoms with Gasteiger partial charge in [0.25, 0.3) is 13.4 Å². The highest BCUT2D eigenvalue weighted by Crippen LogP contribution is 2.65. The minimum atomic E-state index is -0.568. The molecule has 6 heteroatoms. The SMILES string of the molecule is CC(C)(C)c1cc(-c2cc3c4c(c2)N(c2c(-c5ccccc5)cc(C(C)(C)C)cc2-c2ccccc2)c2ccccc2B4c2cc4c(cc2O3)Oc2cc(-c3cccc5c3C3(c6ccccc6-c6ccccc63)c3ccccc3-5)cc3c2B4c2ccccc2N3c2ccccc2)cc(C(C)(C)C)c1. The standard InChI is InChI=1S/C97H76B2N2O2/c1-94(2,3)64-48-61(49-65(54-64)95(4,5)6)62-50-85-92-88(52-62)102-86-58-87-80(57-81(86)99(92)79-45-26-28-47-83(79)101(85)93-73(59-30-13-10-14-31-59)55-66(96(7,8)9)56-74(93)60-32-15-11-16-33-60)98-78-44-25-27-46-82(78)100(67-34-17-12-18-35-67)84-51-63(53-89(103-87)91(84)98)68-39-29-40-72-71-38-21-24-43-77(71)97(90(68)72)75-41-22-19-36-69(75)70-37-20-23-42-76(70)97/h10-58H,1-9H3. The molecule has 0 atom stereocenters. The summed E-state index contributed by atoms with van der Waals surface area (Å²) in [6.45, 7) is 20.6. The molecule has 0 saturated carbocycles. The highest BCUT2D eigenvalue weighted by atomic mass is 16.5. The van der Waals surface area contributed by atoms with E-state index >= 15 is 0 Å². The molecule has 0 amide bonds. The number of benzene rings is 14. The van der Waals surface area contributed by atoms with Crippen LogP contribution in [-0.2, 0) is 21.7 Å². The van der Waals surface area contributed by atoms with Crippen molar-refractivity contribution in [2.45, 2.75) is 84.0 Å². The van der Waals surface area contributed by atoms with Gasteiger partial charge in [-0.3, -0.25) is 0 Å². The molecule has 6 aliphatic rings. The third-order valence-corrected chi connectivity index (χ3v) is 23.2. The molecular formula is C97H76B2N2O2. The third-order valence-electron chi connectivity index (χ3n) is 23.2. The van der Waals surface area contributed by atoms with Crippen molar-refractivity contribution in [2.24, 2.45) is 0 Å². The van der Waals surface area contributed by atoms with Crippen LogP contribution in [0.3, 0.4) is 0 Å². The van der Waals surface area contributed by atoms with Crippen LogP contribution in [0.4, 0.5) is 34.1 Å². The first-order chi connectivity index (χ1) is 50.0. The second-order valence-electron chi connectivity index (χ2n) is 32.3. The van der Waals surface area contributed by atoms with Gasteiger partial charge >= 0.3 is 0 Å². The Bertz CT molecular complexity index is 5760. The summed E-state index contributed by atoms with van der Waals surface area (Å²) in [5.74, 6) is 3.26. The Balaban J connectivity index is 0.838. The lowest BCUT2D eigenvalue weighted by Gasteiger charge is -2.43. The predicted molar refractivity (Wildman–Crippen MR) is 432 cm³/mol. The number of nitrogens with zero attached hydrogens (tertiary/aromatic N) is 2. The van der Waals surface area contributed by atoms with Gasteiger partial charge in [0.2, 0.25) is 0 Å². The minimum Gasteiger partial charge on any atom is -0.458 e. The van der Waals surface area contributed by atoms with E-state index in [1.165, 1.54) is 88.8 Å². The minimum absolute atomic E-state index is 0.116. The number of ether oxygens (including phenoxy) is 2. The molecule has 492 valence electrons. The molecule has 2 aliphatic carbocycles. The van der Waals surface area contributed by atoms with E-state index in [0.29, 0.717) is 0 Å². The van der Waals surface area contributed by atoms with E-state index in [1.807, 2.05) is 0 Å². The fraction of sp³-hybridized carbons (Fsp3) is 0.134. The molecular weight excluding hydrogens is 1250 g/mol. The summed E-state index contributed by atoms with van der Waals surface area (Å²) in [6.07, 6.45) is 0. The van der Waals surface area contributed by atoms with Crippen molar-refractivity contribution in [3.63, 3.8) is 0 Å². The van der Waals surface area contributed by atoms with Crippen LogP contribution in [0, 0.1) is 0 Å². The molecule has 14 aromatic carbocycles. The van der Waals surface area contributed by atoms with Crippen molar-refractivity contribution in [3.8, 4) is 89.8 Å². The Morgan fingerprint density at radius 1 is 0.272 bits per heavy atom. The Hall–Kier alpha value is -11.6. The van der Waals surface area contributed by atoms with Gasteiger partial charge in [-0.15, -0.1) is 0 Å². The van der Waals surface area contributed by atoms with E-state index in [9.17, 15) is 0 Å². The maximum absolute atomic E-state index is 7.85. The van der Waals surface area contributed by atoms with Crippen LogP contribution in [0.1, 0.15) is 101 Å². The second-order valence-corrected chi connectivity index (χ2v) is 32.3. The normalized spacial score (nSPS) is 14.2. The molecule has 0 unspecified atom stereocenters. The van der Waals surface area contributed by atoms with Crippen LogP contribution in [-0.4, -0.2) is 13.4 Å². The highest BCUT2D eigenvalue weighted by molar-refractivity contribution is 7.02. The summed E-state index contributed by atoms with van der Waals surface area (Å²) in [5.41, 5.74) is 36.0. The second kappa shape index (κ2) is 22.2. The third kappa shape index (κ3) is 9.05. The van der Waals surface area contributed by atoms with Gasteiger partial charge in [-0.2, -0.15) is 0 Å². The number of hydrogen-bond donors (Lipinski definition) is 0. The predicted octanol–water partition coefficient (Wildman–Crippen LogP) is 21.4. The molecule has 4 aliphatic heterocycles.